The Kier molecular flexibility index (Phi) is 4.50. The molecule has 1 atom stereocenters. The van der Waals surface area contributed by atoms with Gasteiger partial charge in [-0.2, -0.15) is 5.10 Å². The second-order valence-corrected chi connectivity index (χ2v) is 7.37. The molecule has 2 aromatic rings. The number of fused-ring (bicyclic) bond motifs is 1. The highest BCUT2D eigenvalue weighted by atomic mass is 35.5. The van der Waals surface area contributed by atoms with Crippen molar-refractivity contribution in [2.24, 2.45) is 11.0 Å². The number of aryl methyl sites for hydroxylation is 1. The first-order valence-corrected chi connectivity index (χ1v) is 8.81. The summed E-state index contributed by atoms with van der Waals surface area (Å²) < 4.78 is 1.04. The lowest BCUT2D eigenvalue weighted by atomic mass is 9.89. The highest BCUT2D eigenvalue weighted by molar-refractivity contribution is 7.21. The summed E-state index contributed by atoms with van der Waals surface area (Å²) in [5.74, 6) is 0.240. The molecule has 3 rings (SSSR count). The number of thiophene rings is 1. The summed E-state index contributed by atoms with van der Waals surface area (Å²) in [4.78, 5) is 12.9. The zero-order valence-electron chi connectivity index (χ0n) is 12.8. The van der Waals surface area contributed by atoms with Crippen LogP contribution in [0.1, 0.15) is 47.8 Å². The second kappa shape index (κ2) is 6.39. The van der Waals surface area contributed by atoms with Gasteiger partial charge in [-0.05, 0) is 43.7 Å². The highest BCUT2D eigenvalue weighted by Gasteiger charge is 2.19. The van der Waals surface area contributed by atoms with Gasteiger partial charge in [0, 0.05) is 15.8 Å². The van der Waals surface area contributed by atoms with E-state index in [1.54, 1.807) is 0 Å². The first-order chi connectivity index (χ1) is 10.6. The third-order valence-corrected chi connectivity index (χ3v) is 5.84. The van der Waals surface area contributed by atoms with Crippen LogP contribution in [-0.2, 0) is 0 Å². The minimum atomic E-state index is -0.214. The fraction of sp³-hybridized carbons (Fsp3) is 0.412. The molecular formula is C17H19ClN2OS. The largest absolute Gasteiger partial charge is 0.283 e. The van der Waals surface area contributed by atoms with Crippen LogP contribution < -0.4 is 5.43 Å². The van der Waals surface area contributed by atoms with Gasteiger partial charge < -0.3 is 0 Å². The van der Waals surface area contributed by atoms with E-state index in [-0.39, 0.29) is 5.91 Å². The van der Waals surface area contributed by atoms with E-state index in [2.05, 4.69) is 23.5 Å². The number of halogens is 1. The average molecular weight is 335 g/mol. The van der Waals surface area contributed by atoms with Gasteiger partial charge in [0.25, 0.3) is 5.91 Å². The number of carbonyl (C=O) groups is 1. The number of amides is 1. The molecule has 1 aliphatic rings. The van der Waals surface area contributed by atoms with Gasteiger partial charge in [0.15, 0.2) is 0 Å². The Morgan fingerprint density at radius 2 is 2.23 bits per heavy atom. The Balaban J connectivity index is 1.83. The monoisotopic (exact) mass is 334 g/mol. The van der Waals surface area contributed by atoms with Crippen molar-refractivity contribution < 1.29 is 4.79 Å². The van der Waals surface area contributed by atoms with Crippen LogP contribution in [0, 0.1) is 12.8 Å². The molecular weight excluding hydrogens is 316 g/mol. The molecule has 1 fully saturated rings. The Morgan fingerprint density at radius 3 is 3.00 bits per heavy atom. The van der Waals surface area contributed by atoms with Crippen LogP contribution >= 0.6 is 22.9 Å². The van der Waals surface area contributed by atoms with E-state index in [0.717, 1.165) is 40.6 Å². The lowest BCUT2D eigenvalue weighted by Crippen LogP contribution is -2.23. The molecule has 0 bridgehead atoms. The third-order valence-electron chi connectivity index (χ3n) is 4.18. The summed E-state index contributed by atoms with van der Waals surface area (Å²) >= 11 is 7.78. The van der Waals surface area contributed by atoms with Gasteiger partial charge in [0.05, 0.1) is 5.02 Å². The molecule has 1 amide bonds. The zero-order chi connectivity index (χ0) is 15.7. The molecule has 1 saturated carbocycles. The lowest BCUT2D eigenvalue weighted by Gasteiger charge is -2.19. The van der Waals surface area contributed by atoms with Gasteiger partial charge in [-0.25, -0.2) is 5.43 Å². The van der Waals surface area contributed by atoms with E-state index in [0.29, 0.717) is 15.8 Å². The summed E-state index contributed by atoms with van der Waals surface area (Å²) in [6, 6.07) is 6.03. The van der Waals surface area contributed by atoms with Crippen LogP contribution in [0.2, 0.25) is 5.02 Å². The maximum absolute atomic E-state index is 12.4. The summed E-state index contributed by atoms with van der Waals surface area (Å²) in [7, 11) is 0. The van der Waals surface area contributed by atoms with Crippen molar-refractivity contribution in [1.29, 1.82) is 0 Å². The molecule has 3 nitrogen and oxygen atoms in total. The zero-order valence-corrected chi connectivity index (χ0v) is 14.4. The normalized spacial score (nSPS) is 20.5. The molecule has 5 heteroatoms. The van der Waals surface area contributed by atoms with Crippen molar-refractivity contribution in [3.05, 3.63) is 33.7 Å². The molecule has 0 spiro atoms. The summed E-state index contributed by atoms with van der Waals surface area (Å²) in [5.41, 5.74) is 4.94. The summed E-state index contributed by atoms with van der Waals surface area (Å²) in [5, 5.41) is 5.79. The number of carbonyl (C=O) groups excluding carboxylic acids is 1. The molecule has 0 radical (unpaired) electrons. The van der Waals surface area contributed by atoms with Gasteiger partial charge >= 0.3 is 0 Å². The quantitative estimate of drug-likeness (QED) is 0.757. The van der Waals surface area contributed by atoms with E-state index in [9.17, 15) is 4.79 Å². The number of hydrogen-bond donors (Lipinski definition) is 1. The number of rotatable bonds is 2. The lowest BCUT2D eigenvalue weighted by molar-refractivity contribution is 0.0958. The molecule has 1 heterocycles. The molecule has 0 aliphatic heterocycles. The SMILES string of the molecule is Cc1ccc2c(Cl)c(C(=O)N/N=C3\CCCCC3C)sc2c1. The third kappa shape index (κ3) is 3.03. The van der Waals surface area contributed by atoms with Crippen LogP contribution in [0.25, 0.3) is 10.1 Å². The smallest absolute Gasteiger partial charge is 0.266 e. The van der Waals surface area contributed by atoms with Crippen molar-refractivity contribution in [3.8, 4) is 0 Å². The molecule has 1 aromatic carbocycles. The Morgan fingerprint density at radius 1 is 1.41 bits per heavy atom. The van der Waals surface area contributed by atoms with E-state index in [4.69, 9.17) is 11.6 Å². The van der Waals surface area contributed by atoms with E-state index >= 15 is 0 Å². The predicted octanol–water partition coefficient (Wildman–Crippen LogP) is 5.16. The fourth-order valence-corrected chi connectivity index (χ4v) is 4.33. The van der Waals surface area contributed by atoms with Crippen LogP contribution in [0.4, 0.5) is 0 Å². The minimum Gasteiger partial charge on any atom is -0.266 e. The van der Waals surface area contributed by atoms with Crippen molar-refractivity contribution in [3.63, 3.8) is 0 Å². The number of benzene rings is 1. The van der Waals surface area contributed by atoms with Crippen LogP contribution in [0.3, 0.4) is 0 Å². The van der Waals surface area contributed by atoms with Crippen molar-refractivity contribution in [2.45, 2.75) is 39.5 Å². The minimum absolute atomic E-state index is 0.214. The maximum atomic E-state index is 12.4. The van der Waals surface area contributed by atoms with E-state index in [1.807, 2.05) is 19.1 Å². The van der Waals surface area contributed by atoms with Gasteiger partial charge in [-0.1, -0.05) is 37.1 Å². The molecule has 1 aromatic heterocycles. The Bertz CT molecular complexity index is 750. The van der Waals surface area contributed by atoms with Crippen molar-refractivity contribution >= 4 is 44.6 Å². The Hall–Kier alpha value is -1.39. The standard InChI is InChI=1S/C17H19ClN2OS/c1-10-7-8-12-14(9-10)22-16(15(12)18)17(21)20-19-13-6-4-3-5-11(13)2/h7-9,11H,3-6H2,1-2H3,(H,20,21)/b19-13+. The highest BCUT2D eigenvalue weighted by Crippen LogP contribution is 2.35. The second-order valence-electron chi connectivity index (χ2n) is 5.94. The van der Waals surface area contributed by atoms with Crippen LogP contribution in [0.5, 0.6) is 0 Å². The van der Waals surface area contributed by atoms with Gasteiger partial charge in [-0.3, -0.25) is 4.79 Å². The Labute approximate surface area is 139 Å². The first kappa shape index (κ1) is 15.5. The van der Waals surface area contributed by atoms with Crippen molar-refractivity contribution in [2.75, 3.05) is 0 Å². The molecule has 1 unspecified atom stereocenters. The molecule has 116 valence electrons. The number of nitrogens with one attached hydrogen (secondary N) is 1. The number of hydrazone groups is 1. The topological polar surface area (TPSA) is 41.5 Å². The molecule has 1 N–H and O–H groups in total. The van der Waals surface area contributed by atoms with Gasteiger partial charge in [-0.15, -0.1) is 11.3 Å². The van der Waals surface area contributed by atoms with E-state index in [1.165, 1.54) is 17.8 Å². The van der Waals surface area contributed by atoms with Gasteiger partial charge in [0.2, 0.25) is 0 Å². The van der Waals surface area contributed by atoms with Crippen LogP contribution in [-0.4, -0.2) is 11.6 Å². The van der Waals surface area contributed by atoms with Crippen molar-refractivity contribution in [1.82, 2.24) is 5.43 Å². The number of hydrogen-bond acceptors (Lipinski definition) is 3. The maximum Gasteiger partial charge on any atom is 0.283 e. The van der Waals surface area contributed by atoms with E-state index < -0.39 is 0 Å². The van der Waals surface area contributed by atoms with Crippen LogP contribution in [0.15, 0.2) is 23.3 Å². The predicted molar refractivity (Wildman–Crippen MR) is 94.1 cm³/mol. The molecule has 1 aliphatic carbocycles. The average Bonchev–Trinajstić information content (AvgIpc) is 2.82. The summed E-state index contributed by atoms with van der Waals surface area (Å²) in [6.07, 6.45) is 4.52. The summed E-state index contributed by atoms with van der Waals surface area (Å²) in [6.45, 7) is 4.20. The fourth-order valence-electron chi connectivity index (χ4n) is 2.83. The number of nitrogens with zero attached hydrogens (tertiary/aromatic N) is 1. The van der Waals surface area contributed by atoms with Gasteiger partial charge in [0.1, 0.15) is 4.88 Å². The molecule has 0 saturated heterocycles. The molecule has 22 heavy (non-hydrogen) atoms. The first-order valence-electron chi connectivity index (χ1n) is 7.61.